The summed E-state index contributed by atoms with van der Waals surface area (Å²) >= 11 is 0. The van der Waals surface area contributed by atoms with Crippen LogP contribution in [-0.4, -0.2) is 15.7 Å². The number of hydrogen-bond donors (Lipinski definition) is 0. The lowest BCUT2D eigenvalue weighted by Gasteiger charge is -2.03. The van der Waals surface area contributed by atoms with E-state index in [1.54, 1.807) is 10.8 Å². The van der Waals surface area contributed by atoms with Crippen LogP contribution in [0.25, 0.3) is 22.1 Å². The fourth-order valence-electron chi connectivity index (χ4n) is 1.78. The number of aromatic nitrogens is 2. The first-order valence-electron chi connectivity index (χ1n) is 5.83. The summed E-state index contributed by atoms with van der Waals surface area (Å²) in [6.07, 6.45) is 0. The second-order valence-corrected chi connectivity index (χ2v) is 6.51. The van der Waals surface area contributed by atoms with Crippen LogP contribution in [-0.2, 0) is 0 Å². The average molecular weight is 272 g/mol. The standard InChI is InChI=1S/C14H12N2S2/c1-2-17-18-10-7-8-13-14(9-10)16-12-6-4-3-5-11(12)15-13/h3-9H,2H2,1H3. The van der Waals surface area contributed by atoms with E-state index < -0.39 is 0 Å². The molecule has 1 heterocycles. The Labute approximate surface area is 114 Å². The van der Waals surface area contributed by atoms with E-state index in [4.69, 9.17) is 0 Å². The maximum atomic E-state index is 4.66. The molecule has 18 heavy (non-hydrogen) atoms. The molecule has 4 heteroatoms. The Balaban J connectivity index is 2.12. The van der Waals surface area contributed by atoms with E-state index in [-0.39, 0.29) is 0 Å². The van der Waals surface area contributed by atoms with Gasteiger partial charge >= 0.3 is 0 Å². The van der Waals surface area contributed by atoms with Crippen LogP contribution in [0.15, 0.2) is 47.4 Å². The van der Waals surface area contributed by atoms with Crippen LogP contribution in [0.3, 0.4) is 0 Å². The molecule has 0 bridgehead atoms. The summed E-state index contributed by atoms with van der Waals surface area (Å²) in [4.78, 5) is 10.5. The van der Waals surface area contributed by atoms with E-state index in [9.17, 15) is 0 Å². The second kappa shape index (κ2) is 5.16. The minimum absolute atomic E-state index is 0.952. The fourth-order valence-corrected chi connectivity index (χ4v) is 3.39. The van der Waals surface area contributed by atoms with Gasteiger partial charge in [-0.2, -0.15) is 0 Å². The van der Waals surface area contributed by atoms with Gasteiger partial charge in [0.15, 0.2) is 0 Å². The molecular weight excluding hydrogens is 260 g/mol. The summed E-state index contributed by atoms with van der Waals surface area (Å²) in [5.74, 6) is 1.10. The molecule has 0 spiro atoms. The zero-order valence-electron chi connectivity index (χ0n) is 9.96. The molecule has 0 aliphatic rings. The van der Waals surface area contributed by atoms with Crippen LogP contribution in [0.4, 0.5) is 0 Å². The Morgan fingerprint density at radius 2 is 1.56 bits per heavy atom. The molecule has 1 aromatic heterocycles. The van der Waals surface area contributed by atoms with Crippen molar-refractivity contribution >= 4 is 43.7 Å². The van der Waals surface area contributed by atoms with Crippen molar-refractivity contribution in [3.05, 3.63) is 42.5 Å². The van der Waals surface area contributed by atoms with Crippen LogP contribution >= 0.6 is 21.6 Å². The molecule has 90 valence electrons. The number of benzene rings is 2. The predicted molar refractivity (Wildman–Crippen MR) is 81.0 cm³/mol. The van der Waals surface area contributed by atoms with Gasteiger partial charge in [0.2, 0.25) is 0 Å². The van der Waals surface area contributed by atoms with E-state index in [0.29, 0.717) is 0 Å². The number of para-hydroxylation sites is 2. The van der Waals surface area contributed by atoms with Crippen LogP contribution in [0.2, 0.25) is 0 Å². The summed E-state index contributed by atoms with van der Waals surface area (Å²) < 4.78 is 0. The third-order valence-corrected chi connectivity index (χ3v) is 5.02. The topological polar surface area (TPSA) is 25.8 Å². The first kappa shape index (κ1) is 11.8. The maximum Gasteiger partial charge on any atom is 0.0906 e. The van der Waals surface area contributed by atoms with Crippen molar-refractivity contribution in [1.82, 2.24) is 9.97 Å². The molecular formula is C14H12N2S2. The molecule has 0 aliphatic carbocycles. The van der Waals surface area contributed by atoms with Crippen molar-refractivity contribution < 1.29 is 0 Å². The Morgan fingerprint density at radius 3 is 2.28 bits per heavy atom. The van der Waals surface area contributed by atoms with E-state index in [1.807, 2.05) is 41.1 Å². The molecule has 0 radical (unpaired) electrons. The molecule has 2 aromatic carbocycles. The van der Waals surface area contributed by atoms with E-state index in [1.165, 1.54) is 4.90 Å². The Kier molecular flexibility index (Phi) is 3.39. The highest BCUT2D eigenvalue weighted by Gasteiger charge is 2.02. The highest BCUT2D eigenvalue weighted by molar-refractivity contribution is 8.76. The summed E-state index contributed by atoms with van der Waals surface area (Å²) in [6, 6.07) is 14.3. The second-order valence-electron chi connectivity index (χ2n) is 3.85. The molecule has 0 amide bonds. The van der Waals surface area contributed by atoms with Gasteiger partial charge in [0.1, 0.15) is 0 Å². The molecule has 3 rings (SSSR count). The zero-order chi connectivity index (χ0) is 12.4. The lowest BCUT2D eigenvalue weighted by molar-refractivity contribution is 1.36. The molecule has 0 saturated heterocycles. The van der Waals surface area contributed by atoms with E-state index in [0.717, 1.165) is 27.8 Å². The van der Waals surface area contributed by atoms with Gasteiger partial charge in [0.25, 0.3) is 0 Å². The highest BCUT2D eigenvalue weighted by Crippen LogP contribution is 2.32. The number of hydrogen-bond acceptors (Lipinski definition) is 4. The molecule has 3 aromatic rings. The third kappa shape index (κ3) is 2.31. The fraction of sp³-hybridized carbons (Fsp3) is 0.143. The normalized spacial score (nSPS) is 11.2. The van der Waals surface area contributed by atoms with Crippen LogP contribution in [0.1, 0.15) is 6.92 Å². The quantitative estimate of drug-likeness (QED) is 0.516. The summed E-state index contributed by atoms with van der Waals surface area (Å²) in [5.41, 5.74) is 3.83. The largest absolute Gasteiger partial charge is 0.245 e. The first-order valence-corrected chi connectivity index (χ1v) is 8.15. The molecule has 2 nitrogen and oxygen atoms in total. The van der Waals surface area contributed by atoms with E-state index in [2.05, 4.69) is 29.0 Å². The maximum absolute atomic E-state index is 4.66. The van der Waals surface area contributed by atoms with Gasteiger partial charge in [-0.05, 0) is 30.3 Å². The molecule has 0 saturated carbocycles. The first-order chi connectivity index (χ1) is 8.86. The van der Waals surface area contributed by atoms with Crippen molar-refractivity contribution in [2.45, 2.75) is 11.8 Å². The molecule has 0 aliphatic heterocycles. The lowest BCUT2D eigenvalue weighted by Crippen LogP contribution is -1.87. The molecule has 0 N–H and O–H groups in total. The Bertz CT molecular complexity index is 698. The highest BCUT2D eigenvalue weighted by atomic mass is 33.1. The van der Waals surface area contributed by atoms with Crippen LogP contribution < -0.4 is 0 Å². The van der Waals surface area contributed by atoms with Crippen molar-refractivity contribution in [3.63, 3.8) is 0 Å². The monoisotopic (exact) mass is 272 g/mol. The smallest absolute Gasteiger partial charge is 0.0906 e. The van der Waals surface area contributed by atoms with E-state index >= 15 is 0 Å². The lowest BCUT2D eigenvalue weighted by atomic mass is 10.2. The number of nitrogens with zero attached hydrogens (tertiary/aromatic N) is 2. The van der Waals surface area contributed by atoms with Gasteiger partial charge in [-0.25, -0.2) is 9.97 Å². The van der Waals surface area contributed by atoms with Gasteiger partial charge in [-0.15, -0.1) is 0 Å². The van der Waals surface area contributed by atoms with Gasteiger partial charge in [-0.3, -0.25) is 0 Å². The van der Waals surface area contributed by atoms with Crippen molar-refractivity contribution in [3.8, 4) is 0 Å². The van der Waals surface area contributed by atoms with Gasteiger partial charge in [0.05, 0.1) is 22.1 Å². The Hall–Kier alpha value is -1.26. The molecule has 0 atom stereocenters. The molecule has 0 fully saturated rings. The molecule has 0 unspecified atom stereocenters. The van der Waals surface area contributed by atoms with Gasteiger partial charge in [-0.1, -0.05) is 40.6 Å². The summed E-state index contributed by atoms with van der Waals surface area (Å²) in [6.45, 7) is 2.16. The third-order valence-electron chi connectivity index (χ3n) is 2.58. The minimum atomic E-state index is 0.952. The summed E-state index contributed by atoms with van der Waals surface area (Å²) in [7, 11) is 3.63. The van der Waals surface area contributed by atoms with Crippen molar-refractivity contribution in [2.75, 3.05) is 5.75 Å². The van der Waals surface area contributed by atoms with Gasteiger partial charge < -0.3 is 0 Å². The predicted octanol–water partition coefficient (Wildman–Crippen LogP) is 4.54. The Morgan fingerprint density at radius 1 is 0.889 bits per heavy atom. The van der Waals surface area contributed by atoms with Gasteiger partial charge in [0, 0.05) is 10.6 Å². The zero-order valence-corrected chi connectivity index (χ0v) is 11.6. The summed E-state index contributed by atoms with van der Waals surface area (Å²) in [5, 5.41) is 0. The number of rotatable bonds is 3. The SMILES string of the molecule is CCSSc1ccc2nc3ccccc3nc2c1. The van der Waals surface area contributed by atoms with Crippen molar-refractivity contribution in [1.29, 1.82) is 0 Å². The minimum Gasteiger partial charge on any atom is -0.245 e. The average Bonchev–Trinajstić information content (AvgIpc) is 2.42. The van der Waals surface area contributed by atoms with Crippen LogP contribution in [0, 0.1) is 0 Å². The van der Waals surface area contributed by atoms with Crippen molar-refractivity contribution in [2.24, 2.45) is 0 Å². The number of fused-ring (bicyclic) bond motifs is 2. The van der Waals surface area contributed by atoms with Crippen LogP contribution in [0.5, 0.6) is 0 Å².